The van der Waals surface area contributed by atoms with Crippen molar-refractivity contribution in [2.24, 2.45) is 4.99 Å². The van der Waals surface area contributed by atoms with Crippen LogP contribution in [0.2, 0.25) is 0 Å². The number of nitrogens with one attached hydrogen (secondary N) is 1. The minimum Gasteiger partial charge on any atom is -0.494 e. The molecular formula is C23H27N3O3S. The average Bonchev–Trinajstić information content (AvgIpc) is 2.98. The molecule has 1 atom stereocenters. The Labute approximate surface area is 181 Å². The molecule has 1 heterocycles. The Morgan fingerprint density at radius 2 is 1.90 bits per heavy atom. The number of hydrogen-bond acceptors (Lipinski definition) is 5. The molecule has 158 valence electrons. The number of carbonyl (C=O) groups excluding carboxylic acids is 2. The average molecular weight is 426 g/mol. The highest BCUT2D eigenvalue weighted by molar-refractivity contribution is 8.15. The number of amides is 2. The number of anilines is 1. The first-order chi connectivity index (χ1) is 14.4. The summed E-state index contributed by atoms with van der Waals surface area (Å²) in [6, 6.07) is 13.2. The monoisotopic (exact) mass is 425 g/mol. The second-order valence-electron chi connectivity index (χ2n) is 7.29. The van der Waals surface area contributed by atoms with Crippen molar-refractivity contribution in [2.45, 2.75) is 38.9 Å². The molecule has 0 radical (unpaired) electrons. The van der Waals surface area contributed by atoms with Gasteiger partial charge in [0.1, 0.15) is 11.0 Å². The summed E-state index contributed by atoms with van der Waals surface area (Å²) in [6.07, 6.45) is 1.03. The van der Waals surface area contributed by atoms with Gasteiger partial charge in [-0.15, -0.1) is 0 Å². The Kier molecular flexibility index (Phi) is 7.15. The molecule has 7 heteroatoms. The Morgan fingerprint density at radius 1 is 1.17 bits per heavy atom. The number of hydrogen-bond donors (Lipinski definition) is 1. The maximum absolute atomic E-state index is 12.6. The molecule has 1 saturated heterocycles. The summed E-state index contributed by atoms with van der Waals surface area (Å²) in [5.41, 5.74) is 3.82. The highest BCUT2D eigenvalue weighted by atomic mass is 32.2. The van der Waals surface area contributed by atoms with E-state index < -0.39 is 5.25 Å². The van der Waals surface area contributed by atoms with Gasteiger partial charge in [0.05, 0.1) is 12.3 Å². The van der Waals surface area contributed by atoms with Crippen molar-refractivity contribution in [3.8, 4) is 5.75 Å². The van der Waals surface area contributed by atoms with E-state index in [2.05, 4.69) is 10.3 Å². The van der Waals surface area contributed by atoms with Crippen LogP contribution in [0.15, 0.2) is 47.5 Å². The largest absolute Gasteiger partial charge is 0.494 e. The lowest BCUT2D eigenvalue weighted by atomic mass is 10.1. The van der Waals surface area contributed by atoms with E-state index in [1.165, 1.54) is 22.2 Å². The Balaban J connectivity index is 1.61. The molecule has 1 aliphatic rings. The summed E-state index contributed by atoms with van der Waals surface area (Å²) in [5, 5.41) is 2.98. The topological polar surface area (TPSA) is 71.0 Å². The predicted molar refractivity (Wildman–Crippen MR) is 123 cm³/mol. The minimum atomic E-state index is -0.479. The van der Waals surface area contributed by atoms with Gasteiger partial charge in [0.25, 0.3) is 0 Å². The van der Waals surface area contributed by atoms with Crippen LogP contribution in [0.5, 0.6) is 5.75 Å². The van der Waals surface area contributed by atoms with Crippen molar-refractivity contribution in [2.75, 3.05) is 19.0 Å². The molecule has 2 amide bonds. The first kappa shape index (κ1) is 21.9. The molecule has 0 unspecified atom stereocenters. The Hall–Kier alpha value is -2.80. The van der Waals surface area contributed by atoms with Crippen molar-refractivity contribution in [1.29, 1.82) is 0 Å². The standard InChI is InChI=1S/C23H27N3O3S/c1-5-12-29-19-10-8-17(9-11-19)24-21(27)14-20-22(28)26(4)23(30-20)25-18-7-6-15(2)16(3)13-18/h6-11,13,20H,5,12,14H2,1-4H3,(H,24,27)/t20-/m0/s1. The van der Waals surface area contributed by atoms with Gasteiger partial charge in [-0.1, -0.05) is 24.8 Å². The number of rotatable bonds is 7. The number of thioether (sulfide) groups is 1. The molecule has 3 rings (SSSR count). The molecule has 0 aromatic heterocycles. The third-order valence-electron chi connectivity index (χ3n) is 4.84. The fourth-order valence-electron chi connectivity index (χ4n) is 2.94. The second kappa shape index (κ2) is 9.80. The smallest absolute Gasteiger partial charge is 0.242 e. The maximum atomic E-state index is 12.6. The molecule has 30 heavy (non-hydrogen) atoms. The van der Waals surface area contributed by atoms with E-state index in [1.807, 2.05) is 51.1 Å². The molecule has 0 bridgehead atoms. The van der Waals surface area contributed by atoms with Gasteiger partial charge in [0, 0.05) is 19.2 Å². The van der Waals surface area contributed by atoms with Gasteiger partial charge >= 0.3 is 0 Å². The van der Waals surface area contributed by atoms with Gasteiger partial charge < -0.3 is 10.1 Å². The third-order valence-corrected chi connectivity index (χ3v) is 6.07. The van der Waals surface area contributed by atoms with Gasteiger partial charge in [-0.3, -0.25) is 14.5 Å². The number of ether oxygens (including phenoxy) is 1. The van der Waals surface area contributed by atoms with Crippen molar-refractivity contribution in [1.82, 2.24) is 4.90 Å². The third kappa shape index (κ3) is 5.42. The van der Waals surface area contributed by atoms with Gasteiger partial charge in [-0.25, -0.2) is 4.99 Å². The van der Waals surface area contributed by atoms with Gasteiger partial charge in [0.15, 0.2) is 5.17 Å². The Bertz CT molecular complexity index is 957. The van der Waals surface area contributed by atoms with Crippen molar-refractivity contribution in [3.63, 3.8) is 0 Å². The summed E-state index contributed by atoms with van der Waals surface area (Å²) in [4.78, 5) is 31.2. The van der Waals surface area contributed by atoms with E-state index in [0.29, 0.717) is 17.5 Å². The minimum absolute atomic E-state index is 0.0911. The number of aryl methyl sites for hydroxylation is 2. The van der Waals surface area contributed by atoms with Crippen LogP contribution in [-0.4, -0.2) is 40.8 Å². The van der Waals surface area contributed by atoms with Crippen LogP contribution >= 0.6 is 11.8 Å². The Morgan fingerprint density at radius 3 is 2.57 bits per heavy atom. The number of benzene rings is 2. The number of amidine groups is 1. The van der Waals surface area contributed by atoms with Crippen LogP contribution in [0.3, 0.4) is 0 Å². The first-order valence-electron chi connectivity index (χ1n) is 10.00. The van der Waals surface area contributed by atoms with Crippen molar-refractivity contribution < 1.29 is 14.3 Å². The van der Waals surface area contributed by atoms with Crippen LogP contribution in [-0.2, 0) is 9.59 Å². The zero-order valence-electron chi connectivity index (χ0n) is 17.8. The van der Waals surface area contributed by atoms with E-state index in [9.17, 15) is 9.59 Å². The fraction of sp³-hybridized carbons (Fsp3) is 0.348. The van der Waals surface area contributed by atoms with E-state index in [4.69, 9.17) is 4.74 Å². The van der Waals surface area contributed by atoms with E-state index >= 15 is 0 Å². The van der Waals surface area contributed by atoms with E-state index in [0.717, 1.165) is 23.4 Å². The summed E-state index contributed by atoms with van der Waals surface area (Å²) in [5.74, 6) is 0.454. The van der Waals surface area contributed by atoms with Crippen LogP contribution in [0, 0.1) is 13.8 Å². The SMILES string of the molecule is CCCOc1ccc(NC(=O)C[C@@H]2SC(=Nc3ccc(C)c(C)c3)N(C)C2=O)cc1. The highest BCUT2D eigenvalue weighted by Gasteiger charge is 2.37. The lowest BCUT2D eigenvalue weighted by Crippen LogP contribution is -2.30. The predicted octanol–water partition coefficient (Wildman–Crippen LogP) is 4.68. The molecule has 6 nitrogen and oxygen atoms in total. The van der Waals surface area contributed by atoms with Crippen LogP contribution < -0.4 is 10.1 Å². The molecule has 0 saturated carbocycles. The normalized spacial score (nSPS) is 17.5. The number of aliphatic imine (C=N–C) groups is 1. The van der Waals surface area contributed by atoms with Gasteiger partial charge in [-0.05, 0) is 67.8 Å². The maximum Gasteiger partial charge on any atom is 0.242 e. The molecule has 1 aliphatic heterocycles. The van der Waals surface area contributed by atoms with Gasteiger partial charge in [0.2, 0.25) is 11.8 Å². The fourth-order valence-corrected chi connectivity index (χ4v) is 4.09. The lowest BCUT2D eigenvalue weighted by molar-refractivity contribution is -0.127. The van der Waals surface area contributed by atoms with Crippen LogP contribution in [0.25, 0.3) is 0 Å². The van der Waals surface area contributed by atoms with Crippen LogP contribution in [0.1, 0.15) is 30.9 Å². The summed E-state index contributed by atoms with van der Waals surface area (Å²) < 4.78 is 5.54. The zero-order chi connectivity index (χ0) is 21.7. The number of nitrogens with zero attached hydrogens (tertiary/aromatic N) is 2. The molecule has 0 spiro atoms. The van der Waals surface area contributed by atoms with Gasteiger partial charge in [-0.2, -0.15) is 0 Å². The molecule has 1 N–H and O–H groups in total. The zero-order valence-corrected chi connectivity index (χ0v) is 18.6. The second-order valence-corrected chi connectivity index (χ2v) is 8.46. The lowest BCUT2D eigenvalue weighted by Gasteiger charge is -2.10. The summed E-state index contributed by atoms with van der Waals surface area (Å²) in [6.45, 7) is 6.79. The number of carbonyl (C=O) groups is 2. The van der Waals surface area contributed by atoms with Crippen LogP contribution in [0.4, 0.5) is 11.4 Å². The summed E-state index contributed by atoms with van der Waals surface area (Å²) >= 11 is 1.33. The van der Waals surface area contributed by atoms with Crippen molar-refractivity contribution in [3.05, 3.63) is 53.6 Å². The van der Waals surface area contributed by atoms with Crippen molar-refractivity contribution >= 4 is 40.1 Å². The summed E-state index contributed by atoms with van der Waals surface area (Å²) in [7, 11) is 1.70. The molecule has 2 aromatic carbocycles. The molecule has 1 fully saturated rings. The molecule has 2 aromatic rings. The molecular weight excluding hydrogens is 398 g/mol. The molecule has 0 aliphatic carbocycles. The quantitative estimate of drug-likeness (QED) is 0.699. The highest BCUT2D eigenvalue weighted by Crippen LogP contribution is 2.31. The first-order valence-corrected chi connectivity index (χ1v) is 10.9. The van der Waals surface area contributed by atoms with E-state index in [1.54, 1.807) is 19.2 Å². The van der Waals surface area contributed by atoms with E-state index in [-0.39, 0.29) is 18.2 Å².